The molecule has 0 bridgehead atoms. The molecule has 5 rings (SSSR count). The summed E-state index contributed by atoms with van der Waals surface area (Å²) >= 11 is 14.7. The van der Waals surface area contributed by atoms with Gasteiger partial charge in [-0.2, -0.15) is 11.8 Å². The second-order valence-corrected chi connectivity index (χ2v) is 9.46. The standard InChI is InChI=1S/C21H22Cl2N2OS/c22-14-1-2-15(18(23)11-14)13-9-16-17-12-24-4-3-20(17)26-21(16)19(10-13)25-5-7-27-8-6-25/h1-2,9-11,17,20,24H,3-8,12H2/t17-,20-/m0/s1. The maximum atomic E-state index is 6.55. The highest BCUT2D eigenvalue weighted by atomic mass is 35.5. The van der Waals surface area contributed by atoms with E-state index in [0.717, 1.165) is 61.0 Å². The van der Waals surface area contributed by atoms with E-state index >= 15 is 0 Å². The molecule has 3 nitrogen and oxygen atoms in total. The van der Waals surface area contributed by atoms with Gasteiger partial charge < -0.3 is 15.0 Å². The van der Waals surface area contributed by atoms with Gasteiger partial charge in [0.25, 0.3) is 0 Å². The monoisotopic (exact) mass is 420 g/mol. The Balaban J connectivity index is 1.64. The van der Waals surface area contributed by atoms with E-state index in [2.05, 4.69) is 22.3 Å². The molecule has 27 heavy (non-hydrogen) atoms. The van der Waals surface area contributed by atoms with Crippen molar-refractivity contribution in [1.29, 1.82) is 0 Å². The average molecular weight is 421 g/mol. The van der Waals surface area contributed by atoms with E-state index < -0.39 is 0 Å². The van der Waals surface area contributed by atoms with Gasteiger partial charge in [-0.05, 0) is 42.8 Å². The van der Waals surface area contributed by atoms with Crippen LogP contribution in [0.25, 0.3) is 11.1 Å². The van der Waals surface area contributed by atoms with E-state index in [4.69, 9.17) is 27.9 Å². The molecule has 3 aliphatic rings. The number of piperidine rings is 1. The molecule has 0 saturated carbocycles. The van der Waals surface area contributed by atoms with Gasteiger partial charge in [-0.25, -0.2) is 0 Å². The van der Waals surface area contributed by atoms with Gasteiger partial charge >= 0.3 is 0 Å². The fraction of sp³-hybridized carbons (Fsp3) is 0.429. The summed E-state index contributed by atoms with van der Waals surface area (Å²) in [5.74, 6) is 3.83. The first kappa shape index (κ1) is 18.0. The number of rotatable bonds is 2. The Labute approximate surface area is 174 Å². The molecule has 0 spiro atoms. The molecule has 0 aliphatic carbocycles. The second kappa shape index (κ2) is 7.40. The Morgan fingerprint density at radius 2 is 1.96 bits per heavy atom. The summed E-state index contributed by atoms with van der Waals surface area (Å²) < 4.78 is 6.49. The topological polar surface area (TPSA) is 24.5 Å². The zero-order valence-corrected chi connectivity index (χ0v) is 17.3. The molecule has 2 aromatic rings. The Kier molecular flexibility index (Phi) is 4.93. The van der Waals surface area contributed by atoms with Crippen LogP contribution in [0, 0.1) is 0 Å². The van der Waals surface area contributed by atoms with E-state index in [1.807, 2.05) is 30.0 Å². The third kappa shape index (κ3) is 3.31. The van der Waals surface area contributed by atoms with Gasteiger partial charge in [0.05, 0.1) is 5.69 Å². The number of fused-ring (bicyclic) bond motifs is 3. The van der Waals surface area contributed by atoms with Crippen LogP contribution in [-0.4, -0.2) is 43.8 Å². The van der Waals surface area contributed by atoms with Gasteiger partial charge in [-0.3, -0.25) is 0 Å². The Morgan fingerprint density at radius 3 is 2.78 bits per heavy atom. The highest BCUT2D eigenvalue weighted by molar-refractivity contribution is 7.99. The van der Waals surface area contributed by atoms with Crippen molar-refractivity contribution in [1.82, 2.24) is 5.32 Å². The number of thioether (sulfide) groups is 1. The molecular formula is C21H22Cl2N2OS. The minimum atomic E-state index is 0.287. The van der Waals surface area contributed by atoms with Crippen LogP contribution < -0.4 is 15.0 Å². The van der Waals surface area contributed by atoms with Gasteiger partial charge in [-0.15, -0.1) is 0 Å². The molecule has 2 atom stereocenters. The van der Waals surface area contributed by atoms with Crippen molar-refractivity contribution >= 4 is 40.7 Å². The third-order valence-electron chi connectivity index (χ3n) is 5.78. The third-order valence-corrected chi connectivity index (χ3v) is 7.27. The fourth-order valence-electron chi connectivity index (χ4n) is 4.39. The zero-order chi connectivity index (χ0) is 18.4. The summed E-state index contributed by atoms with van der Waals surface area (Å²) in [4.78, 5) is 2.48. The van der Waals surface area contributed by atoms with E-state index in [1.165, 1.54) is 11.3 Å². The SMILES string of the molecule is Clc1ccc(-c2cc3c(c(N4CCSCC4)c2)O[C@H]2CCNC[C@@H]32)c(Cl)c1. The lowest BCUT2D eigenvalue weighted by Crippen LogP contribution is -2.37. The molecule has 1 N–H and O–H groups in total. The lowest BCUT2D eigenvalue weighted by molar-refractivity contribution is 0.172. The first-order valence-corrected chi connectivity index (χ1v) is 11.5. The van der Waals surface area contributed by atoms with Crippen LogP contribution in [-0.2, 0) is 0 Å². The lowest BCUT2D eigenvalue weighted by atomic mass is 9.88. The molecule has 2 saturated heterocycles. The molecule has 0 radical (unpaired) electrons. The minimum Gasteiger partial charge on any atom is -0.487 e. The summed E-state index contributed by atoms with van der Waals surface area (Å²) in [7, 11) is 0. The summed E-state index contributed by atoms with van der Waals surface area (Å²) in [6.07, 6.45) is 1.35. The predicted octanol–water partition coefficient (Wildman–Crippen LogP) is 5.05. The van der Waals surface area contributed by atoms with E-state index in [9.17, 15) is 0 Å². The molecule has 142 valence electrons. The van der Waals surface area contributed by atoms with Gasteiger partial charge in [0.15, 0.2) is 0 Å². The number of nitrogens with zero attached hydrogens (tertiary/aromatic N) is 1. The van der Waals surface area contributed by atoms with Crippen LogP contribution in [0.15, 0.2) is 30.3 Å². The fourth-order valence-corrected chi connectivity index (χ4v) is 5.82. The molecule has 2 fully saturated rings. The number of hydrogen-bond acceptors (Lipinski definition) is 4. The predicted molar refractivity (Wildman–Crippen MR) is 116 cm³/mol. The van der Waals surface area contributed by atoms with Crippen molar-refractivity contribution in [3.05, 3.63) is 45.9 Å². The first-order valence-electron chi connectivity index (χ1n) is 9.54. The van der Waals surface area contributed by atoms with Crippen LogP contribution in [0.1, 0.15) is 17.9 Å². The van der Waals surface area contributed by atoms with Gasteiger partial charge in [0.2, 0.25) is 0 Å². The van der Waals surface area contributed by atoms with Crippen molar-refractivity contribution in [2.45, 2.75) is 18.4 Å². The molecule has 3 aliphatic heterocycles. The van der Waals surface area contributed by atoms with Gasteiger partial charge in [0.1, 0.15) is 11.9 Å². The van der Waals surface area contributed by atoms with Crippen molar-refractivity contribution in [2.24, 2.45) is 0 Å². The molecule has 0 unspecified atom stereocenters. The van der Waals surface area contributed by atoms with Crippen LogP contribution in [0.4, 0.5) is 5.69 Å². The van der Waals surface area contributed by atoms with Gasteiger partial charge in [0, 0.05) is 58.2 Å². The Bertz CT molecular complexity index is 870. The van der Waals surface area contributed by atoms with Crippen molar-refractivity contribution in [3.8, 4) is 16.9 Å². The molecule has 0 amide bonds. The molecular weight excluding hydrogens is 399 g/mol. The normalized spacial score (nSPS) is 24.3. The van der Waals surface area contributed by atoms with Crippen molar-refractivity contribution in [2.75, 3.05) is 42.6 Å². The summed E-state index contributed by atoms with van der Waals surface area (Å²) in [6, 6.07) is 10.3. The summed E-state index contributed by atoms with van der Waals surface area (Å²) in [5.41, 5.74) is 4.73. The molecule has 2 aromatic carbocycles. The van der Waals surface area contributed by atoms with Crippen LogP contribution in [0.5, 0.6) is 5.75 Å². The highest BCUT2D eigenvalue weighted by Crippen LogP contribution is 2.49. The van der Waals surface area contributed by atoms with Gasteiger partial charge in [-0.1, -0.05) is 29.3 Å². The van der Waals surface area contributed by atoms with E-state index in [1.54, 1.807) is 0 Å². The number of benzene rings is 2. The molecule has 3 heterocycles. The van der Waals surface area contributed by atoms with Crippen molar-refractivity contribution in [3.63, 3.8) is 0 Å². The minimum absolute atomic E-state index is 0.287. The van der Waals surface area contributed by atoms with Crippen LogP contribution >= 0.6 is 35.0 Å². The number of halogens is 2. The summed E-state index contributed by atoms with van der Waals surface area (Å²) in [5, 5.41) is 4.89. The summed E-state index contributed by atoms with van der Waals surface area (Å²) in [6.45, 7) is 4.13. The van der Waals surface area contributed by atoms with Crippen molar-refractivity contribution < 1.29 is 4.74 Å². The maximum absolute atomic E-state index is 6.55. The van der Waals surface area contributed by atoms with Crippen LogP contribution in [0.2, 0.25) is 10.0 Å². The number of anilines is 1. The highest BCUT2D eigenvalue weighted by Gasteiger charge is 2.39. The largest absolute Gasteiger partial charge is 0.487 e. The Morgan fingerprint density at radius 1 is 1.11 bits per heavy atom. The first-order chi connectivity index (χ1) is 13.2. The van der Waals surface area contributed by atoms with Crippen LogP contribution in [0.3, 0.4) is 0 Å². The quantitative estimate of drug-likeness (QED) is 0.734. The maximum Gasteiger partial charge on any atom is 0.146 e. The molecule has 6 heteroatoms. The van der Waals surface area contributed by atoms with E-state index in [-0.39, 0.29) is 6.10 Å². The zero-order valence-electron chi connectivity index (χ0n) is 15.0. The molecule has 0 aromatic heterocycles. The number of ether oxygens (including phenoxy) is 1. The average Bonchev–Trinajstić information content (AvgIpc) is 3.07. The second-order valence-electron chi connectivity index (χ2n) is 7.39. The smallest absolute Gasteiger partial charge is 0.146 e. The van der Waals surface area contributed by atoms with E-state index in [0.29, 0.717) is 16.0 Å². The number of hydrogen-bond donors (Lipinski definition) is 1. The lowest BCUT2D eigenvalue weighted by Gasteiger charge is -2.30. The Hall–Kier alpha value is -1.07. The number of nitrogens with one attached hydrogen (secondary N) is 1.